The predicted molar refractivity (Wildman–Crippen MR) is 35.1 cm³/mol. The van der Waals surface area contributed by atoms with E-state index < -0.39 is 18.5 Å². The van der Waals surface area contributed by atoms with Crippen molar-refractivity contribution in [2.75, 3.05) is 0 Å². The van der Waals surface area contributed by atoms with Gasteiger partial charge in [0.2, 0.25) is 0 Å². The van der Waals surface area contributed by atoms with Crippen LogP contribution < -0.4 is 0 Å². The Morgan fingerprint density at radius 2 is 1.91 bits per heavy atom. The first-order valence-corrected chi connectivity index (χ1v) is 3.40. The zero-order valence-electron chi connectivity index (χ0n) is 6.53. The Labute approximate surface area is 63.6 Å². The van der Waals surface area contributed by atoms with Gasteiger partial charge < -0.3 is 0 Å². The topological polar surface area (TPSA) is 17.1 Å². The summed E-state index contributed by atoms with van der Waals surface area (Å²) in [5.41, 5.74) is 0. The highest BCUT2D eigenvalue weighted by molar-refractivity contribution is 5.77. The SMILES string of the molecule is CC(=O)C(C)CCC(F)(F)F. The van der Waals surface area contributed by atoms with Crippen LogP contribution in [0.2, 0.25) is 0 Å². The van der Waals surface area contributed by atoms with Crippen molar-refractivity contribution in [1.29, 1.82) is 0 Å². The Bertz CT molecular complexity index is 139. The average Bonchev–Trinajstić information content (AvgIpc) is 1.80. The van der Waals surface area contributed by atoms with E-state index in [1.165, 1.54) is 13.8 Å². The van der Waals surface area contributed by atoms with Gasteiger partial charge in [-0.1, -0.05) is 6.92 Å². The summed E-state index contributed by atoms with van der Waals surface area (Å²) in [6.07, 6.45) is -5.10. The van der Waals surface area contributed by atoms with Gasteiger partial charge in [0.05, 0.1) is 0 Å². The Balaban J connectivity index is 3.63. The number of rotatable bonds is 3. The number of ketones is 1. The van der Waals surface area contributed by atoms with E-state index in [0.717, 1.165) is 0 Å². The van der Waals surface area contributed by atoms with E-state index in [9.17, 15) is 18.0 Å². The third-order valence-corrected chi connectivity index (χ3v) is 1.55. The molecule has 1 unspecified atom stereocenters. The Hall–Kier alpha value is -0.540. The number of carbonyl (C=O) groups is 1. The van der Waals surface area contributed by atoms with Gasteiger partial charge in [-0.25, -0.2) is 0 Å². The van der Waals surface area contributed by atoms with Crippen molar-refractivity contribution in [3.63, 3.8) is 0 Å². The number of hydrogen-bond acceptors (Lipinski definition) is 1. The summed E-state index contributed by atoms with van der Waals surface area (Å²) >= 11 is 0. The lowest BCUT2D eigenvalue weighted by molar-refractivity contribution is -0.139. The van der Waals surface area contributed by atoms with Gasteiger partial charge in [-0.05, 0) is 13.3 Å². The molecule has 0 N–H and O–H groups in total. The number of carbonyl (C=O) groups excluding carboxylic acids is 1. The molecule has 0 aliphatic heterocycles. The van der Waals surface area contributed by atoms with Crippen LogP contribution >= 0.6 is 0 Å². The summed E-state index contributed by atoms with van der Waals surface area (Å²) < 4.78 is 34.7. The second-order valence-corrected chi connectivity index (χ2v) is 2.67. The van der Waals surface area contributed by atoms with Crippen molar-refractivity contribution >= 4 is 5.78 Å². The Kier molecular flexibility index (Phi) is 3.55. The van der Waals surface area contributed by atoms with Crippen molar-refractivity contribution in [2.24, 2.45) is 5.92 Å². The highest BCUT2D eigenvalue weighted by Crippen LogP contribution is 2.24. The second-order valence-electron chi connectivity index (χ2n) is 2.67. The molecule has 0 amide bonds. The molecule has 11 heavy (non-hydrogen) atoms. The predicted octanol–water partition coefficient (Wildman–Crippen LogP) is 2.55. The zero-order chi connectivity index (χ0) is 9.07. The van der Waals surface area contributed by atoms with Crippen LogP contribution in [0.3, 0.4) is 0 Å². The summed E-state index contributed by atoms with van der Waals surface area (Å²) in [6, 6.07) is 0. The van der Waals surface area contributed by atoms with Crippen molar-refractivity contribution in [1.82, 2.24) is 0 Å². The lowest BCUT2D eigenvalue weighted by atomic mass is 10.0. The largest absolute Gasteiger partial charge is 0.389 e. The third-order valence-electron chi connectivity index (χ3n) is 1.55. The summed E-state index contributed by atoms with van der Waals surface area (Å²) in [5.74, 6) is -0.661. The van der Waals surface area contributed by atoms with Crippen LogP contribution in [-0.4, -0.2) is 12.0 Å². The maximum Gasteiger partial charge on any atom is 0.389 e. The molecule has 1 atom stereocenters. The first kappa shape index (κ1) is 10.5. The van der Waals surface area contributed by atoms with E-state index in [-0.39, 0.29) is 12.2 Å². The monoisotopic (exact) mass is 168 g/mol. The van der Waals surface area contributed by atoms with Crippen molar-refractivity contribution in [2.45, 2.75) is 32.9 Å². The average molecular weight is 168 g/mol. The van der Waals surface area contributed by atoms with Crippen molar-refractivity contribution < 1.29 is 18.0 Å². The molecule has 0 saturated heterocycles. The summed E-state index contributed by atoms with van der Waals surface area (Å²) in [4.78, 5) is 10.5. The molecular formula is C7H11F3O. The van der Waals surface area contributed by atoms with Crippen LogP contribution in [0.15, 0.2) is 0 Å². The van der Waals surface area contributed by atoms with E-state index in [1.54, 1.807) is 0 Å². The number of alkyl halides is 3. The van der Waals surface area contributed by atoms with Crippen LogP contribution in [-0.2, 0) is 4.79 Å². The number of Topliss-reactive ketones (excluding diaryl/α,β-unsaturated/α-hetero) is 1. The molecule has 0 spiro atoms. The summed E-state index contributed by atoms with van der Waals surface area (Å²) in [5, 5.41) is 0. The third kappa shape index (κ3) is 5.88. The van der Waals surface area contributed by atoms with Crippen LogP contribution in [0.1, 0.15) is 26.7 Å². The molecule has 0 saturated carbocycles. The van der Waals surface area contributed by atoms with Gasteiger partial charge in [-0.3, -0.25) is 4.79 Å². The molecular weight excluding hydrogens is 157 g/mol. The van der Waals surface area contributed by atoms with Crippen molar-refractivity contribution in [3.05, 3.63) is 0 Å². The smallest absolute Gasteiger partial charge is 0.300 e. The van der Waals surface area contributed by atoms with Gasteiger partial charge in [-0.2, -0.15) is 13.2 Å². The highest BCUT2D eigenvalue weighted by Gasteiger charge is 2.27. The summed E-state index contributed by atoms with van der Waals surface area (Å²) in [6.45, 7) is 2.81. The molecule has 0 bridgehead atoms. The first-order chi connectivity index (χ1) is 4.83. The van der Waals surface area contributed by atoms with Gasteiger partial charge in [0.25, 0.3) is 0 Å². The fraction of sp³-hybridized carbons (Fsp3) is 0.857. The molecule has 0 rings (SSSR count). The standard InChI is InChI=1S/C7H11F3O/c1-5(6(2)11)3-4-7(8,9)10/h5H,3-4H2,1-2H3. The van der Waals surface area contributed by atoms with Crippen molar-refractivity contribution in [3.8, 4) is 0 Å². The van der Waals surface area contributed by atoms with Crippen LogP contribution in [0, 0.1) is 5.92 Å². The second kappa shape index (κ2) is 3.74. The fourth-order valence-corrected chi connectivity index (χ4v) is 0.583. The lowest BCUT2D eigenvalue weighted by Gasteiger charge is -2.09. The molecule has 1 nitrogen and oxygen atoms in total. The van der Waals surface area contributed by atoms with E-state index in [1.807, 2.05) is 0 Å². The zero-order valence-corrected chi connectivity index (χ0v) is 6.53. The number of hydrogen-bond donors (Lipinski definition) is 0. The molecule has 0 aliphatic rings. The van der Waals surface area contributed by atoms with E-state index >= 15 is 0 Å². The minimum atomic E-state index is -4.14. The van der Waals surface area contributed by atoms with Gasteiger partial charge in [0, 0.05) is 12.3 Å². The molecule has 0 aromatic rings. The van der Waals surface area contributed by atoms with E-state index in [2.05, 4.69) is 0 Å². The first-order valence-electron chi connectivity index (χ1n) is 3.40. The van der Waals surface area contributed by atoms with E-state index in [0.29, 0.717) is 0 Å². The van der Waals surface area contributed by atoms with Gasteiger partial charge in [-0.15, -0.1) is 0 Å². The quantitative estimate of drug-likeness (QED) is 0.632. The van der Waals surface area contributed by atoms with Gasteiger partial charge in [0.1, 0.15) is 5.78 Å². The molecule has 0 heterocycles. The molecule has 0 aromatic carbocycles. The van der Waals surface area contributed by atoms with E-state index in [4.69, 9.17) is 0 Å². The number of halogens is 3. The van der Waals surface area contributed by atoms with Crippen LogP contribution in [0.5, 0.6) is 0 Å². The molecule has 0 aromatic heterocycles. The molecule has 0 fully saturated rings. The molecule has 0 radical (unpaired) electrons. The fourth-order valence-electron chi connectivity index (χ4n) is 0.583. The van der Waals surface area contributed by atoms with Crippen LogP contribution in [0.4, 0.5) is 13.2 Å². The lowest BCUT2D eigenvalue weighted by Crippen LogP contribution is -2.13. The highest BCUT2D eigenvalue weighted by atomic mass is 19.4. The van der Waals surface area contributed by atoms with Gasteiger partial charge >= 0.3 is 6.18 Å². The Morgan fingerprint density at radius 3 is 2.18 bits per heavy atom. The minimum Gasteiger partial charge on any atom is -0.300 e. The Morgan fingerprint density at radius 1 is 1.45 bits per heavy atom. The van der Waals surface area contributed by atoms with Crippen LogP contribution in [0.25, 0.3) is 0 Å². The maximum absolute atomic E-state index is 11.6. The van der Waals surface area contributed by atoms with Gasteiger partial charge in [0.15, 0.2) is 0 Å². The molecule has 4 heteroatoms. The molecule has 0 aliphatic carbocycles. The molecule has 66 valence electrons. The normalized spacial score (nSPS) is 14.6. The minimum absolute atomic E-state index is 0.0984. The summed E-state index contributed by atoms with van der Waals surface area (Å²) in [7, 11) is 0. The maximum atomic E-state index is 11.6.